The third-order valence-electron chi connectivity index (χ3n) is 2.68. The minimum Gasteiger partial charge on any atom is -0.399 e. The lowest BCUT2D eigenvalue weighted by Gasteiger charge is -2.08. The molecule has 104 valence electrons. The van der Waals surface area contributed by atoms with Crippen LogP contribution in [0.5, 0.6) is 0 Å². The van der Waals surface area contributed by atoms with Crippen LogP contribution >= 0.6 is 0 Å². The van der Waals surface area contributed by atoms with Gasteiger partial charge in [0.05, 0.1) is 6.61 Å². The topological polar surface area (TPSA) is 64.3 Å². The Labute approximate surface area is 116 Å². The van der Waals surface area contributed by atoms with Gasteiger partial charge in [0.2, 0.25) is 0 Å². The smallest absolute Gasteiger partial charge is 0.255 e. The highest BCUT2D eigenvalue weighted by molar-refractivity contribution is 6.04. The summed E-state index contributed by atoms with van der Waals surface area (Å²) in [5.41, 5.74) is 7.46. The number of halogens is 1. The third-order valence-corrected chi connectivity index (χ3v) is 2.68. The number of carbonyl (C=O) groups excluding carboxylic acids is 1. The Balaban J connectivity index is 2.16. The van der Waals surface area contributed by atoms with Crippen LogP contribution in [0.2, 0.25) is 0 Å². The molecule has 0 atom stereocenters. The molecule has 0 radical (unpaired) electrons. The van der Waals surface area contributed by atoms with Crippen LogP contribution in [-0.2, 0) is 11.3 Å². The molecule has 2 aromatic carbocycles. The maximum atomic E-state index is 13.2. The highest BCUT2D eigenvalue weighted by Gasteiger charge is 2.09. The fraction of sp³-hybridized carbons (Fsp3) is 0.133. The Morgan fingerprint density at radius 3 is 2.80 bits per heavy atom. The zero-order valence-electron chi connectivity index (χ0n) is 11.0. The van der Waals surface area contributed by atoms with Crippen LogP contribution in [-0.4, -0.2) is 13.0 Å². The Morgan fingerprint density at radius 1 is 1.30 bits per heavy atom. The van der Waals surface area contributed by atoms with Gasteiger partial charge in [-0.25, -0.2) is 4.39 Å². The van der Waals surface area contributed by atoms with E-state index < -0.39 is 11.7 Å². The molecule has 0 bridgehead atoms. The van der Waals surface area contributed by atoms with Crippen molar-refractivity contribution in [3.63, 3.8) is 0 Å². The van der Waals surface area contributed by atoms with Crippen LogP contribution < -0.4 is 11.1 Å². The van der Waals surface area contributed by atoms with Crippen molar-refractivity contribution in [2.75, 3.05) is 18.2 Å². The standard InChI is InChI=1S/C15H15FN2O2/c1-20-9-10-3-2-4-14(5-10)18-15(19)11-6-12(16)8-13(17)7-11/h2-8H,9,17H2,1H3,(H,18,19). The normalized spacial score (nSPS) is 10.3. The first-order valence-corrected chi connectivity index (χ1v) is 6.04. The van der Waals surface area contributed by atoms with Gasteiger partial charge in [0.15, 0.2) is 0 Å². The van der Waals surface area contributed by atoms with E-state index in [4.69, 9.17) is 10.5 Å². The molecule has 0 aromatic heterocycles. The van der Waals surface area contributed by atoms with Crippen LogP contribution in [0.25, 0.3) is 0 Å². The van der Waals surface area contributed by atoms with Crippen molar-refractivity contribution in [3.05, 3.63) is 59.4 Å². The van der Waals surface area contributed by atoms with E-state index in [1.807, 2.05) is 12.1 Å². The number of nitrogens with one attached hydrogen (secondary N) is 1. The molecule has 0 aliphatic heterocycles. The molecule has 0 saturated heterocycles. The zero-order chi connectivity index (χ0) is 14.5. The van der Waals surface area contributed by atoms with Crippen molar-refractivity contribution in [3.8, 4) is 0 Å². The van der Waals surface area contributed by atoms with Crippen molar-refractivity contribution in [2.45, 2.75) is 6.61 Å². The van der Waals surface area contributed by atoms with Crippen LogP contribution in [0.1, 0.15) is 15.9 Å². The van der Waals surface area contributed by atoms with Gasteiger partial charge in [0.1, 0.15) is 5.82 Å². The van der Waals surface area contributed by atoms with Gasteiger partial charge in [-0.15, -0.1) is 0 Å². The Bertz CT molecular complexity index is 609. The number of anilines is 2. The molecule has 2 rings (SSSR count). The van der Waals surface area contributed by atoms with Gasteiger partial charge < -0.3 is 15.8 Å². The number of nitrogens with two attached hydrogens (primary N) is 1. The Morgan fingerprint density at radius 2 is 2.10 bits per heavy atom. The number of amides is 1. The molecule has 0 spiro atoms. The minimum absolute atomic E-state index is 0.180. The Hall–Kier alpha value is -2.40. The van der Waals surface area contributed by atoms with Crippen molar-refractivity contribution in [1.82, 2.24) is 0 Å². The molecule has 0 heterocycles. The average molecular weight is 274 g/mol. The van der Waals surface area contributed by atoms with Crippen molar-refractivity contribution < 1.29 is 13.9 Å². The van der Waals surface area contributed by atoms with Gasteiger partial charge in [-0.1, -0.05) is 12.1 Å². The van der Waals surface area contributed by atoms with Gasteiger partial charge in [0, 0.05) is 24.0 Å². The fourth-order valence-corrected chi connectivity index (χ4v) is 1.85. The van der Waals surface area contributed by atoms with Crippen molar-refractivity contribution in [1.29, 1.82) is 0 Å². The summed E-state index contributed by atoms with van der Waals surface area (Å²) in [7, 11) is 1.60. The molecule has 0 unspecified atom stereocenters. The summed E-state index contributed by atoms with van der Waals surface area (Å²) in [4.78, 5) is 12.0. The van der Waals surface area contributed by atoms with E-state index in [9.17, 15) is 9.18 Å². The van der Waals surface area contributed by atoms with E-state index in [0.717, 1.165) is 17.7 Å². The van der Waals surface area contributed by atoms with Gasteiger partial charge in [-0.2, -0.15) is 0 Å². The molecule has 0 aliphatic rings. The van der Waals surface area contributed by atoms with Gasteiger partial charge in [-0.3, -0.25) is 4.79 Å². The van der Waals surface area contributed by atoms with Crippen LogP contribution in [0, 0.1) is 5.82 Å². The molecule has 5 heteroatoms. The summed E-state index contributed by atoms with van der Waals surface area (Å²) in [5, 5.41) is 2.69. The number of ether oxygens (including phenoxy) is 1. The fourth-order valence-electron chi connectivity index (χ4n) is 1.85. The lowest BCUT2D eigenvalue weighted by molar-refractivity contribution is 0.102. The maximum absolute atomic E-state index is 13.2. The first-order valence-electron chi connectivity index (χ1n) is 6.04. The number of rotatable bonds is 4. The zero-order valence-corrected chi connectivity index (χ0v) is 11.0. The molecule has 4 nitrogen and oxygen atoms in total. The molecule has 3 N–H and O–H groups in total. The number of benzene rings is 2. The number of methoxy groups -OCH3 is 1. The van der Waals surface area contributed by atoms with E-state index in [1.54, 1.807) is 19.2 Å². The second-order valence-electron chi connectivity index (χ2n) is 4.36. The molecular formula is C15H15FN2O2. The van der Waals surface area contributed by atoms with Gasteiger partial charge >= 0.3 is 0 Å². The average Bonchev–Trinajstić information content (AvgIpc) is 2.38. The summed E-state index contributed by atoms with van der Waals surface area (Å²) in [6, 6.07) is 11.0. The first-order chi connectivity index (χ1) is 9.58. The molecule has 2 aromatic rings. The lowest BCUT2D eigenvalue weighted by Crippen LogP contribution is -2.12. The predicted molar refractivity (Wildman–Crippen MR) is 75.9 cm³/mol. The highest BCUT2D eigenvalue weighted by atomic mass is 19.1. The highest BCUT2D eigenvalue weighted by Crippen LogP contribution is 2.15. The van der Waals surface area contributed by atoms with Crippen LogP contribution in [0.15, 0.2) is 42.5 Å². The van der Waals surface area contributed by atoms with E-state index in [-0.39, 0.29) is 11.3 Å². The van der Waals surface area contributed by atoms with E-state index in [1.165, 1.54) is 6.07 Å². The third kappa shape index (κ3) is 3.55. The molecule has 0 saturated carbocycles. The molecular weight excluding hydrogens is 259 g/mol. The summed E-state index contributed by atoms with van der Waals surface area (Å²) >= 11 is 0. The van der Waals surface area contributed by atoms with Crippen molar-refractivity contribution in [2.24, 2.45) is 0 Å². The quantitative estimate of drug-likeness (QED) is 0.843. The SMILES string of the molecule is COCc1cccc(NC(=O)c2cc(N)cc(F)c2)c1. The second kappa shape index (κ2) is 6.16. The van der Waals surface area contributed by atoms with Crippen LogP contribution in [0.4, 0.5) is 15.8 Å². The number of nitrogen functional groups attached to an aromatic ring is 1. The summed E-state index contributed by atoms with van der Waals surface area (Å²) in [6.07, 6.45) is 0. The van der Waals surface area contributed by atoms with Crippen LogP contribution in [0.3, 0.4) is 0 Å². The monoisotopic (exact) mass is 274 g/mol. The van der Waals surface area contributed by atoms with Gasteiger partial charge in [0.25, 0.3) is 5.91 Å². The van der Waals surface area contributed by atoms with Crippen molar-refractivity contribution >= 4 is 17.3 Å². The lowest BCUT2D eigenvalue weighted by atomic mass is 10.1. The van der Waals surface area contributed by atoms with E-state index >= 15 is 0 Å². The molecule has 0 fully saturated rings. The number of carbonyl (C=O) groups is 1. The molecule has 20 heavy (non-hydrogen) atoms. The Kier molecular flexibility index (Phi) is 4.32. The predicted octanol–water partition coefficient (Wildman–Crippen LogP) is 2.81. The van der Waals surface area contributed by atoms with E-state index in [0.29, 0.717) is 12.3 Å². The summed E-state index contributed by atoms with van der Waals surface area (Å²) < 4.78 is 18.2. The second-order valence-corrected chi connectivity index (χ2v) is 4.36. The number of hydrogen-bond acceptors (Lipinski definition) is 3. The minimum atomic E-state index is -0.539. The van der Waals surface area contributed by atoms with Gasteiger partial charge in [-0.05, 0) is 35.9 Å². The largest absolute Gasteiger partial charge is 0.399 e. The number of hydrogen-bond donors (Lipinski definition) is 2. The maximum Gasteiger partial charge on any atom is 0.255 e. The molecule has 0 aliphatic carbocycles. The first kappa shape index (κ1) is 14.0. The van der Waals surface area contributed by atoms with E-state index in [2.05, 4.69) is 5.32 Å². The summed E-state index contributed by atoms with van der Waals surface area (Å²) in [5.74, 6) is -0.950. The molecule has 1 amide bonds. The summed E-state index contributed by atoms with van der Waals surface area (Å²) in [6.45, 7) is 0.455.